The first-order valence-electron chi connectivity index (χ1n) is 8.56. The molecule has 1 unspecified atom stereocenters. The first-order valence-corrected chi connectivity index (χ1v) is 10.00. The predicted molar refractivity (Wildman–Crippen MR) is 99.4 cm³/mol. The number of rotatable bonds is 9. The van der Waals surface area contributed by atoms with Crippen molar-refractivity contribution in [1.29, 1.82) is 0 Å². The first kappa shape index (κ1) is 22.1. The number of hydrogen-bond acceptors (Lipinski definition) is 4. The highest BCUT2D eigenvalue weighted by Gasteiger charge is 2.24. The molecule has 0 aromatic heterocycles. The number of carbonyl (C=O) groups is 2. The van der Waals surface area contributed by atoms with E-state index in [1.807, 2.05) is 13.8 Å². The highest BCUT2D eigenvalue weighted by molar-refractivity contribution is 7.89. The Morgan fingerprint density at radius 1 is 1.19 bits per heavy atom. The molecule has 0 aliphatic heterocycles. The van der Waals surface area contributed by atoms with Crippen LogP contribution in [-0.2, 0) is 14.8 Å². The molecule has 1 atom stereocenters. The SMILES string of the molecule is CC(C)CC(CNC(=O)c1cccc(S(=O)(=O)N(C)C(C)C)c1)C(=O)O. The Balaban J connectivity index is 2.94. The monoisotopic (exact) mass is 384 g/mol. The maximum atomic E-state index is 12.5. The van der Waals surface area contributed by atoms with E-state index in [-0.39, 0.29) is 29.0 Å². The van der Waals surface area contributed by atoms with Crippen LogP contribution in [0.3, 0.4) is 0 Å². The Morgan fingerprint density at radius 2 is 1.81 bits per heavy atom. The first-order chi connectivity index (χ1) is 12.0. The minimum Gasteiger partial charge on any atom is -0.481 e. The van der Waals surface area contributed by atoms with Crippen molar-refractivity contribution in [2.45, 2.75) is 45.1 Å². The molecular formula is C18H28N2O5S. The number of nitrogens with one attached hydrogen (secondary N) is 1. The molecule has 1 amide bonds. The van der Waals surface area contributed by atoms with E-state index in [0.29, 0.717) is 6.42 Å². The number of carbonyl (C=O) groups excluding carboxylic acids is 1. The van der Waals surface area contributed by atoms with Crippen molar-refractivity contribution < 1.29 is 23.1 Å². The molecule has 0 aliphatic rings. The van der Waals surface area contributed by atoms with E-state index in [1.54, 1.807) is 13.8 Å². The lowest BCUT2D eigenvalue weighted by atomic mass is 9.97. The van der Waals surface area contributed by atoms with Crippen LogP contribution in [-0.4, -0.2) is 49.3 Å². The molecule has 0 aliphatic carbocycles. The molecule has 2 N–H and O–H groups in total. The zero-order chi connectivity index (χ0) is 20.1. The van der Waals surface area contributed by atoms with Gasteiger partial charge in [0, 0.05) is 25.2 Å². The Kier molecular flexibility index (Phi) is 7.77. The van der Waals surface area contributed by atoms with E-state index >= 15 is 0 Å². The summed E-state index contributed by atoms with van der Waals surface area (Å²) in [7, 11) is -2.21. The van der Waals surface area contributed by atoms with Gasteiger partial charge in [0.05, 0.1) is 10.8 Å². The van der Waals surface area contributed by atoms with Crippen molar-refractivity contribution in [3.63, 3.8) is 0 Å². The molecule has 0 radical (unpaired) electrons. The Bertz CT molecular complexity index is 744. The molecule has 0 bridgehead atoms. The molecule has 146 valence electrons. The van der Waals surface area contributed by atoms with Gasteiger partial charge in [-0.2, -0.15) is 4.31 Å². The number of aliphatic carboxylic acids is 1. The molecule has 26 heavy (non-hydrogen) atoms. The van der Waals surface area contributed by atoms with E-state index in [2.05, 4.69) is 5.32 Å². The lowest BCUT2D eigenvalue weighted by molar-refractivity contribution is -0.142. The maximum Gasteiger partial charge on any atom is 0.308 e. The summed E-state index contributed by atoms with van der Waals surface area (Å²) >= 11 is 0. The average molecular weight is 384 g/mol. The zero-order valence-corrected chi connectivity index (χ0v) is 16.7. The lowest BCUT2D eigenvalue weighted by Crippen LogP contribution is -2.34. The topological polar surface area (TPSA) is 104 Å². The average Bonchev–Trinajstić information content (AvgIpc) is 2.56. The van der Waals surface area contributed by atoms with Gasteiger partial charge in [0.25, 0.3) is 5.91 Å². The smallest absolute Gasteiger partial charge is 0.308 e. The molecule has 0 saturated carbocycles. The van der Waals surface area contributed by atoms with Crippen LogP contribution < -0.4 is 5.32 Å². The third kappa shape index (κ3) is 5.81. The van der Waals surface area contributed by atoms with Gasteiger partial charge in [0.1, 0.15) is 0 Å². The van der Waals surface area contributed by atoms with Crippen LogP contribution in [0.5, 0.6) is 0 Å². The summed E-state index contributed by atoms with van der Waals surface area (Å²) in [5.41, 5.74) is 0.178. The van der Waals surface area contributed by atoms with Crippen molar-refractivity contribution in [2.24, 2.45) is 11.8 Å². The second kappa shape index (κ2) is 9.14. The Labute approximate surface area is 155 Å². The van der Waals surface area contributed by atoms with E-state index in [1.165, 1.54) is 35.6 Å². The maximum absolute atomic E-state index is 12.5. The largest absolute Gasteiger partial charge is 0.481 e. The summed E-state index contributed by atoms with van der Waals surface area (Å²) in [6.45, 7) is 7.34. The van der Waals surface area contributed by atoms with Gasteiger partial charge in [-0.05, 0) is 44.4 Å². The number of amides is 1. The second-order valence-electron chi connectivity index (χ2n) is 7.02. The molecule has 7 nitrogen and oxygen atoms in total. The van der Waals surface area contributed by atoms with E-state index < -0.39 is 27.8 Å². The van der Waals surface area contributed by atoms with Crippen LogP contribution in [0.25, 0.3) is 0 Å². The van der Waals surface area contributed by atoms with Gasteiger partial charge in [-0.15, -0.1) is 0 Å². The van der Waals surface area contributed by atoms with E-state index in [9.17, 15) is 23.1 Å². The fourth-order valence-corrected chi connectivity index (χ4v) is 3.81. The van der Waals surface area contributed by atoms with Crippen LogP contribution >= 0.6 is 0 Å². The zero-order valence-electron chi connectivity index (χ0n) is 15.9. The molecule has 0 saturated heterocycles. The third-order valence-corrected chi connectivity index (χ3v) is 6.14. The fourth-order valence-electron chi connectivity index (χ4n) is 2.40. The number of hydrogen-bond donors (Lipinski definition) is 2. The van der Waals surface area contributed by atoms with Gasteiger partial charge in [0.2, 0.25) is 10.0 Å². The van der Waals surface area contributed by atoms with Crippen molar-refractivity contribution in [3.8, 4) is 0 Å². The molecular weight excluding hydrogens is 356 g/mol. The van der Waals surface area contributed by atoms with Gasteiger partial charge in [-0.3, -0.25) is 9.59 Å². The summed E-state index contributed by atoms with van der Waals surface area (Å²) < 4.78 is 26.3. The van der Waals surface area contributed by atoms with Gasteiger partial charge in [-0.25, -0.2) is 8.42 Å². The van der Waals surface area contributed by atoms with Crippen LogP contribution in [0.1, 0.15) is 44.5 Å². The third-order valence-electron chi connectivity index (χ3n) is 4.11. The van der Waals surface area contributed by atoms with Gasteiger partial charge in [0.15, 0.2) is 0 Å². The van der Waals surface area contributed by atoms with Crippen LogP contribution in [0, 0.1) is 11.8 Å². The number of sulfonamides is 1. The second-order valence-corrected chi connectivity index (χ2v) is 9.02. The number of benzene rings is 1. The van der Waals surface area contributed by atoms with Gasteiger partial charge < -0.3 is 10.4 Å². The highest BCUT2D eigenvalue weighted by Crippen LogP contribution is 2.18. The minimum atomic E-state index is -3.70. The van der Waals surface area contributed by atoms with Crippen molar-refractivity contribution >= 4 is 21.9 Å². The lowest BCUT2D eigenvalue weighted by Gasteiger charge is -2.21. The van der Waals surface area contributed by atoms with Gasteiger partial charge >= 0.3 is 5.97 Å². The van der Waals surface area contributed by atoms with Crippen molar-refractivity contribution in [2.75, 3.05) is 13.6 Å². The highest BCUT2D eigenvalue weighted by atomic mass is 32.2. The van der Waals surface area contributed by atoms with Crippen molar-refractivity contribution in [1.82, 2.24) is 9.62 Å². The molecule has 0 spiro atoms. The number of carboxylic acid groups (broad SMARTS) is 1. The Morgan fingerprint density at radius 3 is 2.31 bits per heavy atom. The number of nitrogens with zero attached hydrogens (tertiary/aromatic N) is 1. The summed E-state index contributed by atoms with van der Waals surface area (Å²) in [6.07, 6.45) is 0.448. The summed E-state index contributed by atoms with van der Waals surface area (Å²) in [6, 6.07) is 5.52. The van der Waals surface area contributed by atoms with Gasteiger partial charge in [-0.1, -0.05) is 19.9 Å². The normalized spacial score (nSPS) is 13.2. The van der Waals surface area contributed by atoms with E-state index in [0.717, 1.165) is 0 Å². The molecule has 1 rings (SSSR count). The van der Waals surface area contributed by atoms with Crippen LogP contribution in [0.2, 0.25) is 0 Å². The molecule has 1 aromatic carbocycles. The van der Waals surface area contributed by atoms with Crippen LogP contribution in [0.15, 0.2) is 29.2 Å². The van der Waals surface area contributed by atoms with Crippen molar-refractivity contribution in [3.05, 3.63) is 29.8 Å². The fraction of sp³-hybridized carbons (Fsp3) is 0.556. The molecule has 8 heteroatoms. The summed E-state index contributed by atoms with van der Waals surface area (Å²) in [5.74, 6) is -1.95. The number of carboxylic acids is 1. The summed E-state index contributed by atoms with van der Waals surface area (Å²) in [4.78, 5) is 23.6. The summed E-state index contributed by atoms with van der Waals surface area (Å²) in [5, 5.41) is 11.8. The standard InChI is InChI=1S/C18H28N2O5S/c1-12(2)9-15(18(22)23)11-19-17(21)14-7-6-8-16(10-14)26(24,25)20(5)13(3)4/h6-8,10,12-13,15H,9,11H2,1-5H3,(H,19,21)(H,22,23). The molecule has 1 aromatic rings. The molecule has 0 heterocycles. The van der Waals surface area contributed by atoms with E-state index in [4.69, 9.17) is 0 Å². The molecule has 0 fully saturated rings. The predicted octanol–water partition coefficient (Wildman–Crippen LogP) is 2.19. The quantitative estimate of drug-likeness (QED) is 0.679. The van der Waals surface area contributed by atoms with Crippen LogP contribution in [0.4, 0.5) is 0 Å². The minimum absolute atomic E-state index is 0.00474. The Hall–Kier alpha value is -1.93.